The number of hydrogen-bond donors (Lipinski definition) is 0. The lowest BCUT2D eigenvalue weighted by atomic mass is 10.1. The second kappa shape index (κ2) is 52.9. The molecule has 0 heterocycles. The third-order valence-corrected chi connectivity index (χ3v) is 42.8. The van der Waals surface area contributed by atoms with Crippen LogP contribution in [-0.2, 0) is 0 Å². The van der Waals surface area contributed by atoms with Crippen LogP contribution < -0.4 is 0 Å². The Hall–Kier alpha value is 2.53. The molecule has 0 bridgehead atoms. The molecule has 8 heteroatoms. The van der Waals surface area contributed by atoms with Crippen LogP contribution in [0, 0.1) is 0 Å². The maximum absolute atomic E-state index is 2.37. The van der Waals surface area contributed by atoms with Crippen molar-refractivity contribution in [2.24, 2.45) is 0 Å². The van der Waals surface area contributed by atoms with E-state index >= 15 is 0 Å². The summed E-state index contributed by atoms with van der Waals surface area (Å²) >= 11 is 0. The lowest BCUT2D eigenvalue weighted by molar-refractivity contribution is 0.619. The first-order chi connectivity index (χ1) is 30.6. The molecule has 0 aromatic carbocycles. The fraction of sp³-hybridized carbons (Fsp3) is 1.00. The molecule has 0 saturated carbocycles. The average molecular weight is 1020 g/mol. The van der Waals surface area contributed by atoms with E-state index in [0.29, 0.717) is 0 Å². The Morgan fingerprint density at radius 1 is 0.242 bits per heavy atom. The smallest absolute Gasteiger partial charge is 0.0656 e. The quantitative estimate of drug-likeness (QED) is 0.0338. The highest BCUT2D eigenvalue weighted by atomic mass is 33.7. The van der Waals surface area contributed by atoms with Crippen molar-refractivity contribution in [3.8, 4) is 0 Å². The zero-order valence-corrected chi connectivity index (χ0v) is 51.5. The van der Waals surface area contributed by atoms with Crippen LogP contribution >= 0.6 is 60.2 Å². The van der Waals surface area contributed by atoms with Crippen LogP contribution in [0.4, 0.5) is 0 Å². The van der Waals surface area contributed by atoms with Crippen LogP contribution in [0.1, 0.15) is 286 Å². The van der Waals surface area contributed by atoms with Gasteiger partial charge in [-0.2, -0.15) is 0 Å². The number of unbranched alkanes of at least 4 members (excludes halogenated alkanes) is 30. The van der Waals surface area contributed by atoms with E-state index in [1.807, 2.05) is 0 Å². The molecule has 0 radical (unpaired) electrons. The molecule has 0 atom stereocenters. The molecule has 0 nitrogen and oxygen atoms in total. The maximum atomic E-state index is 2.37. The zero-order valence-electron chi connectivity index (χ0n) is 43.8. The summed E-state index contributed by atoms with van der Waals surface area (Å²) in [5.41, 5.74) is 0. The van der Waals surface area contributed by atoms with E-state index in [-0.39, 0.29) is 36.3 Å². The van der Waals surface area contributed by atoms with Gasteiger partial charge in [-0.05, 0) is 106 Å². The van der Waals surface area contributed by atoms with Crippen LogP contribution in [0.15, 0.2) is 0 Å². The molecule has 0 rings (SSSR count). The van der Waals surface area contributed by atoms with E-state index in [0.717, 1.165) is 0 Å². The Morgan fingerprint density at radius 3 is 0.645 bits per heavy atom. The van der Waals surface area contributed by atoms with E-state index in [2.05, 4.69) is 82.8 Å². The summed E-state index contributed by atoms with van der Waals surface area (Å²) in [4.78, 5) is 0. The van der Waals surface area contributed by atoms with E-state index in [9.17, 15) is 0 Å². The van der Waals surface area contributed by atoms with Crippen molar-refractivity contribution < 1.29 is 0 Å². The molecule has 0 aliphatic heterocycles. The summed E-state index contributed by atoms with van der Waals surface area (Å²) in [5, 5.41) is 0. The first kappa shape index (κ1) is 64.5. The molecule has 0 N–H and O–H groups in total. The molecule has 0 aromatic rings. The van der Waals surface area contributed by atoms with Gasteiger partial charge in [-0.1, -0.05) is 268 Å². The van der Waals surface area contributed by atoms with Crippen molar-refractivity contribution in [3.05, 3.63) is 0 Å². The van der Waals surface area contributed by atoms with Crippen molar-refractivity contribution in [1.82, 2.24) is 0 Å². The van der Waals surface area contributed by atoms with E-state index in [4.69, 9.17) is 0 Å². The maximum Gasteiger partial charge on any atom is 0.0656 e. The Bertz CT molecular complexity index is 687. The second-order valence-electron chi connectivity index (χ2n) is 19.9. The molecule has 0 saturated heterocycles. The van der Waals surface area contributed by atoms with Gasteiger partial charge in [0.1, 0.15) is 0 Å². The molecule has 0 aromatic heterocycles. The summed E-state index contributed by atoms with van der Waals surface area (Å²) in [6.07, 6.45) is 56.5. The van der Waals surface area contributed by atoms with Gasteiger partial charge in [0.2, 0.25) is 0 Å². The molecular formula is C54H118S6Si2. The summed E-state index contributed by atoms with van der Waals surface area (Å²) in [5.74, 6) is 12.8. The van der Waals surface area contributed by atoms with Crippen molar-refractivity contribution in [2.75, 3.05) is 46.0 Å². The van der Waals surface area contributed by atoms with Crippen LogP contribution in [-0.4, -0.2) is 63.4 Å². The van der Waals surface area contributed by atoms with Crippen LogP contribution in [0.2, 0.25) is 12.1 Å². The van der Waals surface area contributed by atoms with Crippen LogP contribution in [0.3, 0.4) is 0 Å². The summed E-state index contributed by atoms with van der Waals surface area (Å²) in [7, 11) is 8.16. The molecule has 0 aliphatic rings. The lowest BCUT2D eigenvalue weighted by Crippen LogP contribution is -2.21. The van der Waals surface area contributed by atoms with Gasteiger partial charge in [0.25, 0.3) is 0 Å². The third-order valence-electron chi connectivity index (χ3n) is 13.8. The Morgan fingerprint density at radius 2 is 0.435 bits per heavy atom. The standard InChI is InChI=1S/C54H118S6Si2/c1-7-13-19-25-31-37-47-59(48-38-32-26-20-14-8-2,49-39-33-27-21-15-9-3)61-53-43-45-55-57-58-56-46-44-54-62-60(50-40-34-28-22-16-10-4,51-41-35-29-23-17-11-5)52-42-36-30-24-18-12-6/h7-54,61-62H2,1-6H3. The van der Waals surface area contributed by atoms with Crippen molar-refractivity contribution in [2.45, 2.75) is 298 Å². The number of rotatable bonds is 55. The van der Waals surface area contributed by atoms with Gasteiger partial charge >= 0.3 is 0 Å². The minimum absolute atomic E-state index is 0.0430. The first-order valence-electron chi connectivity index (χ1n) is 28.6. The SMILES string of the molecule is CCCCCCCCS(CCCCCCCC)(CCCCCCCC)[SiH2]CCCSSSSCCC[SiH2]S(CCCCCCCC)(CCCCCCCC)CCCCCCCC. The summed E-state index contributed by atoms with van der Waals surface area (Å²) in [6, 6.07) is 3.29. The van der Waals surface area contributed by atoms with Crippen molar-refractivity contribution in [3.63, 3.8) is 0 Å². The highest BCUT2D eigenvalue weighted by Crippen LogP contribution is 2.52. The van der Waals surface area contributed by atoms with Crippen molar-refractivity contribution >= 4 is 77.5 Å². The van der Waals surface area contributed by atoms with Gasteiger partial charge in [0.05, 0.1) is 17.3 Å². The fourth-order valence-electron chi connectivity index (χ4n) is 9.60. The molecule has 62 heavy (non-hydrogen) atoms. The normalized spacial score (nSPS) is 13.2. The van der Waals surface area contributed by atoms with Gasteiger partial charge < -0.3 is 0 Å². The monoisotopic (exact) mass is 1010 g/mol. The lowest BCUT2D eigenvalue weighted by Gasteiger charge is -2.41. The minimum Gasteiger partial charge on any atom is -0.259 e. The van der Waals surface area contributed by atoms with Gasteiger partial charge in [-0.15, -0.1) is 0 Å². The van der Waals surface area contributed by atoms with E-state index in [1.165, 1.54) is 217 Å². The second-order valence-corrected chi connectivity index (χ2v) is 45.5. The number of hydrogen-bond acceptors (Lipinski definition) is 4. The minimum atomic E-state index is -0.309. The highest BCUT2D eigenvalue weighted by molar-refractivity contribution is 9.26. The molecule has 0 aliphatic carbocycles. The van der Waals surface area contributed by atoms with E-state index in [1.54, 1.807) is 85.1 Å². The molecule has 0 fully saturated rings. The Labute approximate surface area is 417 Å². The predicted octanol–water partition coefficient (Wildman–Crippen LogP) is 21.2. The highest BCUT2D eigenvalue weighted by Gasteiger charge is 2.24. The van der Waals surface area contributed by atoms with Gasteiger partial charge in [0.15, 0.2) is 0 Å². The average Bonchev–Trinajstić information content (AvgIpc) is 3.28. The topological polar surface area (TPSA) is 0 Å². The summed E-state index contributed by atoms with van der Waals surface area (Å²) in [6.45, 7) is 14.2. The van der Waals surface area contributed by atoms with Crippen LogP contribution in [0.25, 0.3) is 0 Å². The first-order valence-corrected chi connectivity index (χ1v) is 43.9. The van der Waals surface area contributed by atoms with Crippen molar-refractivity contribution in [1.29, 1.82) is 0 Å². The molecule has 378 valence electrons. The van der Waals surface area contributed by atoms with Gasteiger partial charge in [-0.25, -0.2) is 0 Å². The Kier molecular flexibility index (Phi) is 55.1. The Balaban J connectivity index is 4.99. The third kappa shape index (κ3) is 43.8. The molecule has 0 amide bonds. The van der Waals surface area contributed by atoms with Gasteiger partial charge in [0, 0.05) is 11.5 Å². The summed E-state index contributed by atoms with van der Waals surface area (Å²) < 4.78 is 0. The zero-order chi connectivity index (χ0) is 45.2. The molecular weight excluding hydrogens is 897 g/mol. The van der Waals surface area contributed by atoms with Gasteiger partial charge in [-0.3, -0.25) is 19.0 Å². The largest absolute Gasteiger partial charge is 0.259 e. The predicted molar refractivity (Wildman–Crippen MR) is 321 cm³/mol. The fourth-order valence-corrected chi connectivity index (χ4v) is 38.3. The molecule has 0 unspecified atom stereocenters. The van der Waals surface area contributed by atoms with E-state index < -0.39 is 0 Å². The molecule has 0 spiro atoms. The van der Waals surface area contributed by atoms with Crippen LogP contribution in [0.5, 0.6) is 0 Å².